The number of ether oxygens (including phenoxy) is 1. The molecule has 0 spiro atoms. The largest absolute Gasteiger partial charge is 0.491 e. The van der Waals surface area contributed by atoms with Crippen LogP contribution in [0.4, 0.5) is 0 Å². The van der Waals surface area contributed by atoms with E-state index in [0.717, 1.165) is 37.4 Å². The fourth-order valence-electron chi connectivity index (χ4n) is 2.81. The highest BCUT2D eigenvalue weighted by molar-refractivity contribution is 5.79. The highest BCUT2D eigenvalue weighted by Gasteiger charge is 2.26. The predicted molar refractivity (Wildman–Crippen MR) is 84.5 cm³/mol. The molecule has 1 aromatic rings. The molecule has 0 bridgehead atoms. The summed E-state index contributed by atoms with van der Waals surface area (Å²) in [5.74, 6) is 1.61. The van der Waals surface area contributed by atoms with Gasteiger partial charge < -0.3 is 15.0 Å². The Morgan fingerprint density at radius 3 is 2.90 bits per heavy atom. The van der Waals surface area contributed by atoms with Crippen molar-refractivity contribution >= 4 is 5.91 Å². The van der Waals surface area contributed by atoms with Crippen LogP contribution in [0.3, 0.4) is 0 Å². The Balaban J connectivity index is 1.97. The van der Waals surface area contributed by atoms with Crippen molar-refractivity contribution in [3.8, 4) is 5.75 Å². The van der Waals surface area contributed by atoms with Gasteiger partial charge in [0.15, 0.2) is 0 Å². The maximum atomic E-state index is 12.5. The zero-order valence-electron chi connectivity index (χ0n) is 13.3. The number of hydrogen-bond acceptors (Lipinski definition) is 3. The quantitative estimate of drug-likeness (QED) is 0.872. The molecule has 21 heavy (non-hydrogen) atoms. The van der Waals surface area contributed by atoms with Crippen LogP contribution in [-0.2, 0) is 11.2 Å². The van der Waals surface area contributed by atoms with Crippen molar-refractivity contribution in [2.45, 2.75) is 32.8 Å². The summed E-state index contributed by atoms with van der Waals surface area (Å²) < 4.78 is 5.79. The lowest BCUT2D eigenvalue weighted by molar-refractivity contribution is -0.129. The van der Waals surface area contributed by atoms with Gasteiger partial charge in [-0.2, -0.15) is 0 Å². The minimum atomic E-state index is 0.119. The van der Waals surface area contributed by atoms with Crippen LogP contribution in [0.2, 0.25) is 0 Å². The maximum Gasteiger partial charge on any atom is 0.227 e. The predicted octanol–water partition coefficient (Wildman–Crippen LogP) is 2.08. The standard InChI is InChI=1S/C17H26N2O2/c1-13(2)21-16-7-5-4-6-15(16)10-17(20)19-9-8-14(12-19)11-18-3/h4-7,13-14,18H,8-12H2,1-3H3/t14-/m0/s1. The molecule has 0 aromatic heterocycles. The number of nitrogens with one attached hydrogen (secondary N) is 1. The number of carbonyl (C=O) groups is 1. The van der Waals surface area contributed by atoms with Gasteiger partial charge in [-0.1, -0.05) is 18.2 Å². The summed E-state index contributed by atoms with van der Waals surface area (Å²) in [4.78, 5) is 14.4. The number of nitrogens with zero attached hydrogens (tertiary/aromatic N) is 1. The molecule has 1 aromatic carbocycles. The summed E-state index contributed by atoms with van der Waals surface area (Å²) in [7, 11) is 1.96. The lowest BCUT2D eigenvalue weighted by Gasteiger charge is -2.18. The number of rotatable bonds is 6. The van der Waals surface area contributed by atoms with E-state index in [1.807, 2.05) is 50.1 Å². The van der Waals surface area contributed by atoms with E-state index in [9.17, 15) is 4.79 Å². The first kappa shape index (κ1) is 15.8. The van der Waals surface area contributed by atoms with E-state index in [0.29, 0.717) is 12.3 Å². The van der Waals surface area contributed by atoms with Gasteiger partial charge in [0.05, 0.1) is 12.5 Å². The van der Waals surface area contributed by atoms with Gasteiger partial charge in [-0.25, -0.2) is 0 Å². The molecule has 2 rings (SSSR count). The third kappa shape index (κ3) is 4.46. The van der Waals surface area contributed by atoms with Gasteiger partial charge in [0.1, 0.15) is 5.75 Å². The Hall–Kier alpha value is -1.55. The van der Waals surface area contributed by atoms with Crippen molar-refractivity contribution in [1.82, 2.24) is 10.2 Å². The van der Waals surface area contributed by atoms with Crippen molar-refractivity contribution in [3.05, 3.63) is 29.8 Å². The van der Waals surface area contributed by atoms with Crippen molar-refractivity contribution in [1.29, 1.82) is 0 Å². The van der Waals surface area contributed by atoms with E-state index < -0.39 is 0 Å². The summed E-state index contributed by atoms with van der Waals surface area (Å²) in [6.07, 6.45) is 1.64. The molecule has 0 unspecified atom stereocenters. The Kier molecular flexibility index (Phi) is 5.62. The molecule has 1 heterocycles. The van der Waals surface area contributed by atoms with Crippen LogP contribution >= 0.6 is 0 Å². The Morgan fingerprint density at radius 2 is 2.19 bits per heavy atom. The van der Waals surface area contributed by atoms with Crippen LogP contribution in [0.5, 0.6) is 5.75 Å². The van der Waals surface area contributed by atoms with E-state index in [1.165, 1.54) is 0 Å². The second-order valence-corrected chi connectivity index (χ2v) is 6.00. The molecule has 0 saturated carbocycles. The summed E-state index contributed by atoms with van der Waals surface area (Å²) in [6.45, 7) is 6.73. The van der Waals surface area contributed by atoms with Gasteiger partial charge in [-0.3, -0.25) is 4.79 Å². The van der Waals surface area contributed by atoms with E-state index in [4.69, 9.17) is 4.74 Å². The summed E-state index contributed by atoms with van der Waals surface area (Å²) >= 11 is 0. The third-order valence-corrected chi connectivity index (χ3v) is 3.81. The Bertz CT molecular complexity index is 474. The van der Waals surface area contributed by atoms with Crippen LogP contribution in [0.1, 0.15) is 25.8 Å². The minimum absolute atomic E-state index is 0.119. The highest BCUT2D eigenvalue weighted by atomic mass is 16.5. The first-order valence-electron chi connectivity index (χ1n) is 7.77. The van der Waals surface area contributed by atoms with Crippen LogP contribution in [0, 0.1) is 5.92 Å². The van der Waals surface area contributed by atoms with Crippen molar-refractivity contribution in [2.75, 3.05) is 26.7 Å². The molecule has 4 nitrogen and oxygen atoms in total. The summed E-state index contributed by atoms with van der Waals surface area (Å²) in [6, 6.07) is 7.83. The van der Waals surface area contributed by atoms with Gasteiger partial charge in [0.2, 0.25) is 5.91 Å². The lowest BCUT2D eigenvalue weighted by atomic mass is 10.1. The molecule has 0 radical (unpaired) electrons. The summed E-state index contributed by atoms with van der Waals surface area (Å²) in [5.41, 5.74) is 0.980. The zero-order valence-corrected chi connectivity index (χ0v) is 13.3. The van der Waals surface area contributed by atoms with Gasteiger partial charge in [-0.15, -0.1) is 0 Å². The Morgan fingerprint density at radius 1 is 1.43 bits per heavy atom. The summed E-state index contributed by atoms with van der Waals surface area (Å²) in [5, 5.41) is 3.19. The van der Waals surface area contributed by atoms with Crippen molar-refractivity contribution in [2.24, 2.45) is 5.92 Å². The fourth-order valence-corrected chi connectivity index (χ4v) is 2.81. The normalized spacial score (nSPS) is 18.3. The third-order valence-electron chi connectivity index (χ3n) is 3.81. The average molecular weight is 290 g/mol. The van der Waals surface area contributed by atoms with Crippen LogP contribution in [0.25, 0.3) is 0 Å². The molecule has 1 amide bonds. The number of likely N-dealkylation sites (tertiary alicyclic amines) is 1. The second kappa shape index (κ2) is 7.46. The highest BCUT2D eigenvalue weighted by Crippen LogP contribution is 2.22. The molecule has 1 saturated heterocycles. The van der Waals surface area contributed by atoms with E-state index in [1.54, 1.807) is 0 Å². The number of amides is 1. The van der Waals surface area contributed by atoms with E-state index in [2.05, 4.69) is 5.32 Å². The molecule has 1 atom stereocenters. The van der Waals surface area contributed by atoms with E-state index >= 15 is 0 Å². The molecular weight excluding hydrogens is 264 g/mol. The maximum absolute atomic E-state index is 12.5. The van der Waals surface area contributed by atoms with Crippen LogP contribution < -0.4 is 10.1 Å². The molecule has 116 valence electrons. The van der Waals surface area contributed by atoms with Crippen LogP contribution in [0.15, 0.2) is 24.3 Å². The molecule has 0 aliphatic carbocycles. The topological polar surface area (TPSA) is 41.6 Å². The van der Waals surface area contributed by atoms with Gasteiger partial charge >= 0.3 is 0 Å². The monoisotopic (exact) mass is 290 g/mol. The van der Waals surface area contributed by atoms with Crippen molar-refractivity contribution in [3.63, 3.8) is 0 Å². The molecule has 4 heteroatoms. The lowest BCUT2D eigenvalue weighted by Crippen LogP contribution is -2.31. The van der Waals surface area contributed by atoms with Gasteiger partial charge in [0, 0.05) is 18.7 Å². The second-order valence-electron chi connectivity index (χ2n) is 6.00. The van der Waals surface area contributed by atoms with Gasteiger partial charge in [0.25, 0.3) is 0 Å². The van der Waals surface area contributed by atoms with Crippen LogP contribution in [-0.4, -0.2) is 43.6 Å². The minimum Gasteiger partial charge on any atom is -0.491 e. The number of carbonyl (C=O) groups excluding carboxylic acids is 1. The van der Waals surface area contributed by atoms with E-state index in [-0.39, 0.29) is 12.0 Å². The molecule has 1 aliphatic rings. The smallest absolute Gasteiger partial charge is 0.227 e. The first-order valence-corrected chi connectivity index (χ1v) is 7.77. The zero-order chi connectivity index (χ0) is 15.2. The number of hydrogen-bond donors (Lipinski definition) is 1. The molecule has 1 fully saturated rings. The fraction of sp³-hybridized carbons (Fsp3) is 0.588. The number of para-hydroxylation sites is 1. The van der Waals surface area contributed by atoms with Gasteiger partial charge in [-0.05, 0) is 45.8 Å². The van der Waals surface area contributed by atoms with Crippen molar-refractivity contribution < 1.29 is 9.53 Å². The molecule has 1 aliphatic heterocycles. The molecular formula is C17H26N2O2. The number of benzene rings is 1. The molecule has 1 N–H and O–H groups in total. The SMILES string of the molecule is CNC[C@@H]1CCN(C(=O)Cc2ccccc2OC(C)C)C1. The average Bonchev–Trinajstić information content (AvgIpc) is 2.89. The first-order chi connectivity index (χ1) is 10.1. The Labute approximate surface area is 127 Å².